The molecule has 0 spiro atoms. The Morgan fingerprint density at radius 1 is 1.46 bits per heavy atom. The lowest BCUT2D eigenvalue weighted by atomic mass is 10.2. The van der Waals surface area contributed by atoms with E-state index in [0.29, 0.717) is 0 Å². The minimum Gasteiger partial charge on any atom is -0.410 e. The number of nitrogens with zero attached hydrogens (tertiary/aromatic N) is 3. The van der Waals surface area contributed by atoms with E-state index < -0.39 is 5.91 Å². The van der Waals surface area contributed by atoms with Crippen molar-refractivity contribution in [3.05, 3.63) is 0 Å². The highest BCUT2D eigenvalue weighted by Gasteiger charge is 2.17. The molecule has 0 fully saturated rings. The summed E-state index contributed by atoms with van der Waals surface area (Å²) in [6, 6.07) is 0. The van der Waals surface area contributed by atoms with Crippen molar-refractivity contribution in [3.8, 4) is 0 Å². The summed E-state index contributed by atoms with van der Waals surface area (Å²) in [5.41, 5.74) is 0.0931. The van der Waals surface area contributed by atoms with Crippen LogP contribution in [0.5, 0.6) is 0 Å². The lowest BCUT2D eigenvalue weighted by molar-refractivity contribution is -0.121. The van der Waals surface area contributed by atoms with Gasteiger partial charge in [-0.3, -0.25) is 4.79 Å². The van der Waals surface area contributed by atoms with Gasteiger partial charge < -0.3 is 14.9 Å². The molecule has 0 rings (SSSR count). The monoisotopic (exact) mass is 187 g/mol. The summed E-state index contributed by atoms with van der Waals surface area (Å²) in [5, 5.41) is 14.9. The van der Waals surface area contributed by atoms with E-state index >= 15 is 0 Å². The molecule has 0 saturated carbocycles. The molecule has 0 saturated heterocycles. The summed E-state index contributed by atoms with van der Waals surface area (Å²) in [4.78, 5) is 17.0. The Morgan fingerprint density at radius 2 is 2.00 bits per heavy atom. The quantitative estimate of drug-likeness (QED) is 0.381. The number of carbonyl (C=O) groups excluding carboxylic acids is 1. The largest absolute Gasteiger partial charge is 0.410 e. The number of hydrogen-bond acceptors (Lipinski definition) is 5. The number of hydrogen-bond donors (Lipinski definition) is 1. The Balaban J connectivity index is 4.74. The molecule has 0 bridgehead atoms. The predicted octanol–water partition coefficient (Wildman–Crippen LogP) is -0.0729. The zero-order chi connectivity index (χ0) is 10.4. The third kappa shape index (κ3) is 3.10. The second-order valence-corrected chi connectivity index (χ2v) is 2.51. The third-order valence-corrected chi connectivity index (χ3v) is 1.28. The average molecular weight is 187 g/mol. The summed E-state index contributed by atoms with van der Waals surface area (Å²) in [7, 11) is 4.44. The van der Waals surface area contributed by atoms with Crippen LogP contribution in [0.4, 0.5) is 0 Å². The van der Waals surface area contributed by atoms with Crippen LogP contribution < -0.4 is 0 Å². The molecule has 6 nitrogen and oxygen atoms in total. The Morgan fingerprint density at radius 3 is 2.31 bits per heavy atom. The average Bonchev–Trinajstić information content (AvgIpc) is 2.05. The predicted molar refractivity (Wildman–Crippen MR) is 48.0 cm³/mol. The molecule has 1 N–H and O–H groups in total. The van der Waals surface area contributed by atoms with Gasteiger partial charge in [0.25, 0.3) is 5.91 Å². The Labute approximate surface area is 76.5 Å². The second kappa shape index (κ2) is 5.13. The van der Waals surface area contributed by atoms with Crippen molar-refractivity contribution in [3.63, 3.8) is 0 Å². The minimum atomic E-state index is -0.430. The number of amides is 1. The zero-order valence-electron chi connectivity index (χ0n) is 8.11. The topological polar surface area (TPSA) is 74.5 Å². The van der Waals surface area contributed by atoms with Crippen LogP contribution >= 0.6 is 0 Å². The van der Waals surface area contributed by atoms with Crippen molar-refractivity contribution < 1.29 is 14.8 Å². The van der Waals surface area contributed by atoms with Crippen LogP contribution in [-0.4, -0.2) is 48.6 Å². The number of rotatable bonds is 3. The standard InChI is InChI=1S/C7H13N3O3/c1-5(9-13-4)6(8-12)7(11)10(2)3/h12H,1-4H3. The van der Waals surface area contributed by atoms with Crippen molar-refractivity contribution in [2.45, 2.75) is 6.92 Å². The molecule has 0 aromatic rings. The lowest BCUT2D eigenvalue weighted by Crippen LogP contribution is -2.34. The molecule has 0 aromatic carbocycles. The molecule has 6 heteroatoms. The van der Waals surface area contributed by atoms with Crippen molar-refractivity contribution in [2.75, 3.05) is 21.2 Å². The Bertz CT molecular complexity index is 245. The Hall–Kier alpha value is -1.59. The molecule has 1 amide bonds. The minimum absolute atomic E-state index is 0.133. The van der Waals surface area contributed by atoms with E-state index in [1.165, 1.54) is 18.9 Å². The molecular formula is C7H13N3O3. The van der Waals surface area contributed by atoms with Crippen LogP contribution in [0, 0.1) is 0 Å². The van der Waals surface area contributed by atoms with E-state index in [1.54, 1.807) is 14.1 Å². The zero-order valence-corrected chi connectivity index (χ0v) is 8.11. The van der Waals surface area contributed by atoms with Crippen LogP contribution in [0.3, 0.4) is 0 Å². The fourth-order valence-electron chi connectivity index (χ4n) is 0.662. The SMILES string of the molecule is CON=C(C)C(=NO)C(=O)N(C)C. The van der Waals surface area contributed by atoms with Crippen molar-refractivity contribution in [1.29, 1.82) is 0 Å². The van der Waals surface area contributed by atoms with Gasteiger partial charge in [0, 0.05) is 14.1 Å². The van der Waals surface area contributed by atoms with Gasteiger partial charge in [0.2, 0.25) is 0 Å². The van der Waals surface area contributed by atoms with Gasteiger partial charge in [-0.15, -0.1) is 0 Å². The van der Waals surface area contributed by atoms with Crippen molar-refractivity contribution in [2.24, 2.45) is 10.3 Å². The first-order valence-corrected chi connectivity index (χ1v) is 3.56. The van der Waals surface area contributed by atoms with Crippen molar-refractivity contribution >= 4 is 17.3 Å². The fourth-order valence-corrected chi connectivity index (χ4v) is 0.662. The van der Waals surface area contributed by atoms with E-state index in [2.05, 4.69) is 15.1 Å². The molecule has 74 valence electrons. The van der Waals surface area contributed by atoms with Crippen LogP contribution in [0.1, 0.15) is 6.92 Å². The van der Waals surface area contributed by atoms with Gasteiger partial charge in [-0.1, -0.05) is 10.3 Å². The molecule has 0 atom stereocenters. The third-order valence-electron chi connectivity index (χ3n) is 1.28. The molecule has 0 unspecified atom stereocenters. The first-order valence-electron chi connectivity index (χ1n) is 3.56. The van der Waals surface area contributed by atoms with Crippen LogP contribution in [-0.2, 0) is 9.63 Å². The van der Waals surface area contributed by atoms with E-state index in [-0.39, 0.29) is 11.4 Å². The summed E-state index contributed by atoms with van der Waals surface area (Å²) in [6.07, 6.45) is 0. The van der Waals surface area contributed by atoms with Crippen molar-refractivity contribution in [1.82, 2.24) is 4.90 Å². The first kappa shape index (κ1) is 11.4. The second-order valence-electron chi connectivity index (χ2n) is 2.51. The highest BCUT2D eigenvalue weighted by atomic mass is 16.6. The molecule has 0 aliphatic carbocycles. The molecule has 0 aliphatic rings. The highest BCUT2D eigenvalue weighted by Crippen LogP contribution is 1.90. The van der Waals surface area contributed by atoms with Crippen LogP contribution in [0.15, 0.2) is 10.3 Å². The van der Waals surface area contributed by atoms with Gasteiger partial charge in [-0.25, -0.2) is 0 Å². The van der Waals surface area contributed by atoms with E-state index in [1.807, 2.05) is 0 Å². The summed E-state index contributed by atoms with van der Waals surface area (Å²) >= 11 is 0. The lowest BCUT2D eigenvalue weighted by Gasteiger charge is -2.09. The maximum absolute atomic E-state index is 11.3. The molecule has 0 heterocycles. The van der Waals surface area contributed by atoms with Gasteiger partial charge in [0.15, 0.2) is 5.71 Å². The maximum atomic E-state index is 11.3. The van der Waals surface area contributed by atoms with E-state index in [9.17, 15) is 4.79 Å². The smallest absolute Gasteiger partial charge is 0.277 e. The molecule has 0 aliphatic heterocycles. The van der Waals surface area contributed by atoms with Gasteiger partial charge in [-0.05, 0) is 6.92 Å². The normalized spacial score (nSPS) is 12.6. The highest BCUT2D eigenvalue weighted by molar-refractivity contribution is 6.66. The maximum Gasteiger partial charge on any atom is 0.277 e. The van der Waals surface area contributed by atoms with E-state index in [0.717, 1.165) is 0 Å². The van der Waals surface area contributed by atoms with Crippen LogP contribution in [0.25, 0.3) is 0 Å². The first-order chi connectivity index (χ1) is 6.04. The molecule has 13 heavy (non-hydrogen) atoms. The summed E-state index contributed by atoms with van der Waals surface area (Å²) in [6.45, 7) is 1.51. The molecular weight excluding hydrogens is 174 g/mol. The molecule has 0 aromatic heterocycles. The molecule has 0 radical (unpaired) electrons. The van der Waals surface area contributed by atoms with E-state index in [4.69, 9.17) is 5.21 Å². The summed E-state index contributed by atoms with van der Waals surface area (Å²) in [5.74, 6) is -0.430. The fraction of sp³-hybridized carbons (Fsp3) is 0.571. The summed E-state index contributed by atoms with van der Waals surface area (Å²) < 4.78 is 0. The van der Waals surface area contributed by atoms with Gasteiger partial charge >= 0.3 is 0 Å². The number of carbonyl (C=O) groups is 1. The van der Waals surface area contributed by atoms with Gasteiger partial charge in [0.05, 0.1) is 0 Å². The van der Waals surface area contributed by atoms with Gasteiger partial charge in [-0.2, -0.15) is 0 Å². The van der Waals surface area contributed by atoms with Crippen LogP contribution in [0.2, 0.25) is 0 Å². The van der Waals surface area contributed by atoms with Gasteiger partial charge in [0.1, 0.15) is 12.8 Å². The Kier molecular flexibility index (Phi) is 4.50. The number of oxime groups is 2.